The van der Waals surface area contributed by atoms with Crippen LogP contribution in [0.5, 0.6) is 6.01 Å². The average molecular weight is 251 g/mol. The molecule has 6 nitrogen and oxygen atoms in total. The second kappa shape index (κ2) is 5.37. The zero-order valence-electron chi connectivity index (χ0n) is 11.5. The van der Waals surface area contributed by atoms with Crippen molar-refractivity contribution in [1.82, 2.24) is 15.0 Å². The standard InChI is InChI=1S/C12H21N5O/c1-5-13-10-14-11(16-12(15-10)18-4)17-6-8(2)9(3)7-17/h8-9H,5-7H2,1-4H3,(H,13,14,15,16). The SMILES string of the molecule is CCNc1nc(OC)nc(N2CC(C)C(C)C2)n1. The number of nitrogens with one attached hydrogen (secondary N) is 1. The summed E-state index contributed by atoms with van der Waals surface area (Å²) in [4.78, 5) is 15.1. The minimum Gasteiger partial charge on any atom is -0.467 e. The van der Waals surface area contributed by atoms with Crippen molar-refractivity contribution in [2.24, 2.45) is 11.8 Å². The van der Waals surface area contributed by atoms with E-state index in [0.29, 0.717) is 29.7 Å². The van der Waals surface area contributed by atoms with Gasteiger partial charge in [-0.15, -0.1) is 0 Å². The molecule has 1 aliphatic rings. The number of aromatic nitrogens is 3. The lowest BCUT2D eigenvalue weighted by molar-refractivity contribution is 0.379. The maximum atomic E-state index is 5.13. The summed E-state index contributed by atoms with van der Waals surface area (Å²) in [5.74, 6) is 2.60. The normalized spacial score (nSPS) is 23.2. The topological polar surface area (TPSA) is 63.2 Å². The third-order valence-electron chi connectivity index (χ3n) is 3.39. The largest absolute Gasteiger partial charge is 0.467 e. The molecule has 2 atom stereocenters. The molecule has 0 spiro atoms. The lowest BCUT2D eigenvalue weighted by Crippen LogP contribution is -2.23. The number of rotatable bonds is 4. The highest BCUT2D eigenvalue weighted by Gasteiger charge is 2.28. The highest BCUT2D eigenvalue weighted by molar-refractivity contribution is 5.39. The zero-order chi connectivity index (χ0) is 13.1. The van der Waals surface area contributed by atoms with E-state index in [9.17, 15) is 0 Å². The van der Waals surface area contributed by atoms with E-state index in [1.54, 1.807) is 7.11 Å². The maximum absolute atomic E-state index is 5.13. The Balaban J connectivity index is 2.24. The molecule has 2 unspecified atom stereocenters. The maximum Gasteiger partial charge on any atom is 0.322 e. The van der Waals surface area contributed by atoms with Gasteiger partial charge in [0.15, 0.2) is 0 Å². The lowest BCUT2D eigenvalue weighted by atomic mass is 10.0. The Labute approximate surface area is 108 Å². The van der Waals surface area contributed by atoms with Gasteiger partial charge in [-0.3, -0.25) is 0 Å². The minimum absolute atomic E-state index is 0.364. The molecule has 100 valence electrons. The average Bonchev–Trinajstić information content (AvgIpc) is 2.70. The molecule has 1 aromatic rings. The first kappa shape index (κ1) is 12.9. The van der Waals surface area contributed by atoms with Crippen LogP contribution < -0.4 is 15.0 Å². The summed E-state index contributed by atoms with van der Waals surface area (Å²) < 4.78 is 5.13. The lowest BCUT2D eigenvalue weighted by Gasteiger charge is -2.16. The number of anilines is 2. The monoisotopic (exact) mass is 251 g/mol. The van der Waals surface area contributed by atoms with Gasteiger partial charge >= 0.3 is 6.01 Å². The molecule has 2 rings (SSSR count). The van der Waals surface area contributed by atoms with Gasteiger partial charge in [0.05, 0.1) is 7.11 Å². The van der Waals surface area contributed by atoms with Crippen LogP contribution in [-0.4, -0.2) is 41.7 Å². The van der Waals surface area contributed by atoms with Crippen molar-refractivity contribution in [2.45, 2.75) is 20.8 Å². The summed E-state index contributed by atoms with van der Waals surface area (Å²) in [6.45, 7) is 9.28. The van der Waals surface area contributed by atoms with Crippen molar-refractivity contribution >= 4 is 11.9 Å². The van der Waals surface area contributed by atoms with Gasteiger partial charge in [0, 0.05) is 19.6 Å². The van der Waals surface area contributed by atoms with Crippen LogP contribution in [0.15, 0.2) is 0 Å². The van der Waals surface area contributed by atoms with Gasteiger partial charge < -0.3 is 15.0 Å². The number of hydrogen-bond acceptors (Lipinski definition) is 6. The molecule has 2 heterocycles. The summed E-state index contributed by atoms with van der Waals surface area (Å²) >= 11 is 0. The van der Waals surface area contributed by atoms with E-state index in [1.807, 2.05) is 6.92 Å². The first-order valence-corrected chi connectivity index (χ1v) is 6.43. The van der Waals surface area contributed by atoms with Crippen molar-refractivity contribution in [3.63, 3.8) is 0 Å². The molecule has 0 saturated carbocycles. The Hall–Kier alpha value is -1.59. The molecule has 1 saturated heterocycles. The van der Waals surface area contributed by atoms with Crippen LogP contribution in [-0.2, 0) is 0 Å². The van der Waals surface area contributed by atoms with Crippen LogP contribution in [0, 0.1) is 11.8 Å². The number of hydrogen-bond donors (Lipinski definition) is 1. The number of ether oxygens (including phenoxy) is 1. The third-order valence-corrected chi connectivity index (χ3v) is 3.39. The fourth-order valence-corrected chi connectivity index (χ4v) is 2.11. The summed E-state index contributed by atoms with van der Waals surface area (Å²) in [6, 6.07) is 0.364. The fourth-order valence-electron chi connectivity index (χ4n) is 2.11. The third kappa shape index (κ3) is 2.63. The Morgan fingerprint density at radius 2 is 1.89 bits per heavy atom. The van der Waals surface area contributed by atoms with Crippen molar-refractivity contribution in [3.05, 3.63) is 0 Å². The summed E-state index contributed by atoms with van der Waals surface area (Å²) in [7, 11) is 1.57. The molecule has 1 aromatic heterocycles. The van der Waals surface area contributed by atoms with Gasteiger partial charge in [-0.05, 0) is 18.8 Å². The highest BCUT2D eigenvalue weighted by Crippen LogP contribution is 2.26. The summed E-state index contributed by atoms with van der Waals surface area (Å²) in [5, 5.41) is 3.10. The number of nitrogens with zero attached hydrogens (tertiary/aromatic N) is 4. The molecular formula is C12H21N5O. The van der Waals surface area contributed by atoms with Gasteiger partial charge in [0.25, 0.3) is 0 Å². The van der Waals surface area contributed by atoms with E-state index in [2.05, 4.69) is 39.0 Å². The predicted molar refractivity (Wildman–Crippen MR) is 71.1 cm³/mol. The summed E-state index contributed by atoms with van der Waals surface area (Å²) in [6.07, 6.45) is 0. The molecule has 0 radical (unpaired) electrons. The molecule has 18 heavy (non-hydrogen) atoms. The van der Waals surface area contributed by atoms with E-state index >= 15 is 0 Å². The van der Waals surface area contributed by atoms with E-state index in [1.165, 1.54) is 0 Å². The molecule has 1 fully saturated rings. The van der Waals surface area contributed by atoms with E-state index < -0.39 is 0 Å². The molecule has 0 bridgehead atoms. The number of methoxy groups -OCH3 is 1. The van der Waals surface area contributed by atoms with Crippen LogP contribution >= 0.6 is 0 Å². The molecule has 0 amide bonds. The smallest absolute Gasteiger partial charge is 0.322 e. The van der Waals surface area contributed by atoms with Crippen molar-refractivity contribution in [1.29, 1.82) is 0 Å². The molecule has 0 aromatic carbocycles. The molecule has 6 heteroatoms. The van der Waals surface area contributed by atoms with Crippen LogP contribution in [0.2, 0.25) is 0 Å². The first-order chi connectivity index (χ1) is 8.63. The molecule has 1 N–H and O–H groups in total. The van der Waals surface area contributed by atoms with Gasteiger partial charge in [-0.1, -0.05) is 13.8 Å². The fraction of sp³-hybridized carbons (Fsp3) is 0.750. The molecule has 1 aliphatic heterocycles. The second-order valence-electron chi connectivity index (χ2n) is 4.84. The van der Waals surface area contributed by atoms with E-state index in [0.717, 1.165) is 19.6 Å². The molecular weight excluding hydrogens is 230 g/mol. The Bertz CT molecular complexity index is 401. The minimum atomic E-state index is 0.364. The van der Waals surface area contributed by atoms with E-state index in [4.69, 9.17) is 4.74 Å². The van der Waals surface area contributed by atoms with Gasteiger partial charge in [-0.25, -0.2) is 0 Å². The van der Waals surface area contributed by atoms with E-state index in [-0.39, 0.29) is 0 Å². The Kier molecular flexibility index (Phi) is 3.84. The van der Waals surface area contributed by atoms with Crippen LogP contribution in [0.25, 0.3) is 0 Å². The van der Waals surface area contributed by atoms with Crippen LogP contribution in [0.3, 0.4) is 0 Å². The van der Waals surface area contributed by atoms with Crippen LogP contribution in [0.1, 0.15) is 20.8 Å². The summed E-state index contributed by atoms with van der Waals surface area (Å²) in [5.41, 5.74) is 0. The zero-order valence-corrected chi connectivity index (χ0v) is 11.5. The van der Waals surface area contributed by atoms with Crippen LogP contribution in [0.4, 0.5) is 11.9 Å². The molecule has 0 aliphatic carbocycles. The predicted octanol–water partition coefficient (Wildman–Crippen LogP) is 1.40. The van der Waals surface area contributed by atoms with Crippen molar-refractivity contribution in [3.8, 4) is 6.01 Å². The second-order valence-corrected chi connectivity index (χ2v) is 4.84. The first-order valence-electron chi connectivity index (χ1n) is 6.43. The highest BCUT2D eigenvalue weighted by atomic mass is 16.5. The van der Waals surface area contributed by atoms with Crippen molar-refractivity contribution < 1.29 is 4.74 Å². The Morgan fingerprint density at radius 1 is 1.22 bits per heavy atom. The van der Waals surface area contributed by atoms with Gasteiger partial charge in [0.1, 0.15) is 0 Å². The van der Waals surface area contributed by atoms with Gasteiger partial charge in [-0.2, -0.15) is 15.0 Å². The Morgan fingerprint density at radius 3 is 2.44 bits per heavy atom. The van der Waals surface area contributed by atoms with Gasteiger partial charge in [0.2, 0.25) is 11.9 Å². The van der Waals surface area contributed by atoms with Crippen molar-refractivity contribution in [2.75, 3.05) is 37.0 Å². The quantitative estimate of drug-likeness (QED) is 0.873.